The van der Waals surface area contributed by atoms with E-state index in [9.17, 15) is 4.79 Å². The summed E-state index contributed by atoms with van der Waals surface area (Å²) in [6.45, 7) is 16.6. The Labute approximate surface area is 141 Å². The van der Waals surface area contributed by atoms with E-state index in [0.717, 1.165) is 45.4 Å². The summed E-state index contributed by atoms with van der Waals surface area (Å²) in [5.74, 6) is 0.974. The predicted octanol–water partition coefficient (Wildman–Crippen LogP) is 2.19. The van der Waals surface area contributed by atoms with E-state index in [1.165, 1.54) is 0 Å². The number of carbonyl (C=O) groups is 1. The Morgan fingerprint density at radius 3 is 2.43 bits per heavy atom. The van der Waals surface area contributed by atoms with Gasteiger partial charge in [0.15, 0.2) is 0 Å². The van der Waals surface area contributed by atoms with Crippen molar-refractivity contribution in [2.75, 3.05) is 32.7 Å². The first kappa shape index (κ1) is 18.2. The number of hydrogen-bond donors (Lipinski definition) is 2. The van der Waals surface area contributed by atoms with E-state index in [-0.39, 0.29) is 11.8 Å². The third-order valence-electron chi connectivity index (χ3n) is 5.56. The Bertz CT molecular complexity index is 416. The van der Waals surface area contributed by atoms with Crippen LogP contribution in [0.1, 0.15) is 33.1 Å². The van der Waals surface area contributed by atoms with Gasteiger partial charge in [0.2, 0.25) is 5.91 Å². The molecule has 23 heavy (non-hydrogen) atoms. The quantitative estimate of drug-likeness (QED) is 0.640. The van der Waals surface area contributed by atoms with Crippen molar-refractivity contribution in [3.8, 4) is 0 Å². The highest BCUT2D eigenvalue weighted by atomic mass is 16.2. The molecule has 1 saturated heterocycles. The maximum Gasteiger partial charge on any atom is 0.223 e. The predicted molar refractivity (Wildman–Crippen MR) is 96.2 cm³/mol. The maximum atomic E-state index is 12.6. The number of nitrogens with one attached hydrogen (secondary N) is 2. The van der Waals surface area contributed by atoms with Gasteiger partial charge in [-0.25, -0.2) is 0 Å². The largest absolute Gasteiger partial charge is 0.354 e. The SMILES string of the molecule is C=CCN(CC=C)C(CNC(=O)C1CC12CCNCC2)C(C)C. The van der Waals surface area contributed by atoms with E-state index in [2.05, 4.69) is 42.5 Å². The van der Waals surface area contributed by atoms with Crippen molar-refractivity contribution in [1.82, 2.24) is 15.5 Å². The summed E-state index contributed by atoms with van der Waals surface area (Å²) in [7, 11) is 0. The molecule has 1 aliphatic heterocycles. The van der Waals surface area contributed by atoms with Crippen molar-refractivity contribution in [1.29, 1.82) is 0 Å². The van der Waals surface area contributed by atoms with Crippen molar-refractivity contribution >= 4 is 5.91 Å². The van der Waals surface area contributed by atoms with Crippen LogP contribution < -0.4 is 10.6 Å². The first-order chi connectivity index (χ1) is 11.0. The van der Waals surface area contributed by atoms with Crippen LogP contribution in [0.5, 0.6) is 0 Å². The molecule has 2 N–H and O–H groups in total. The third kappa shape index (κ3) is 4.45. The molecule has 1 heterocycles. The van der Waals surface area contributed by atoms with E-state index in [1.807, 2.05) is 12.2 Å². The molecule has 0 aromatic heterocycles. The van der Waals surface area contributed by atoms with Crippen LogP contribution in [0.3, 0.4) is 0 Å². The fourth-order valence-electron chi connectivity index (χ4n) is 3.99. The smallest absolute Gasteiger partial charge is 0.223 e. The van der Waals surface area contributed by atoms with Crippen molar-refractivity contribution in [3.63, 3.8) is 0 Å². The van der Waals surface area contributed by atoms with Crippen LogP contribution in [-0.2, 0) is 4.79 Å². The van der Waals surface area contributed by atoms with Crippen LogP contribution in [0.2, 0.25) is 0 Å². The highest BCUT2D eigenvalue weighted by Gasteiger charge is 2.57. The van der Waals surface area contributed by atoms with Crippen LogP contribution >= 0.6 is 0 Å². The lowest BCUT2D eigenvalue weighted by molar-refractivity contribution is -0.123. The van der Waals surface area contributed by atoms with Crippen LogP contribution in [0, 0.1) is 17.3 Å². The van der Waals surface area contributed by atoms with Crippen LogP contribution in [-0.4, -0.2) is 49.6 Å². The van der Waals surface area contributed by atoms with Crippen LogP contribution in [0.4, 0.5) is 0 Å². The van der Waals surface area contributed by atoms with Gasteiger partial charge >= 0.3 is 0 Å². The zero-order chi connectivity index (χ0) is 16.9. The molecular weight excluding hydrogens is 286 g/mol. The molecule has 0 aromatic rings. The van der Waals surface area contributed by atoms with Gasteiger partial charge in [0.1, 0.15) is 0 Å². The van der Waals surface area contributed by atoms with Gasteiger partial charge in [-0.3, -0.25) is 9.69 Å². The van der Waals surface area contributed by atoms with Gasteiger partial charge in [-0.15, -0.1) is 13.2 Å². The van der Waals surface area contributed by atoms with Crippen molar-refractivity contribution < 1.29 is 4.79 Å². The van der Waals surface area contributed by atoms with Crippen molar-refractivity contribution in [2.45, 2.75) is 39.2 Å². The number of rotatable bonds is 9. The molecule has 1 amide bonds. The molecule has 130 valence electrons. The Balaban J connectivity index is 1.87. The van der Waals surface area contributed by atoms with Gasteiger partial charge in [-0.2, -0.15) is 0 Å². The van der Waals surface area contributed by atoms with E-state index < -0.39 is 0 Å². The molecule has 0 bridgehead atoms. The van der Waals surface area contributed by atoms with Gasteiger partial charge in [-0.1, -0.05) is 26.0 Å². The van der Waals surface area contributed by atoms with Crippen molar-refractivity contribution in [3.05, 3.63) is 25.3 Å². The average Bonchev–Trinajstić information content (AvgIpc) is 3.21. The molecule has 1 spiro atoms. The Hall–Kier alpha value is -1.13. The number of carbonyl (C=O) groups excluding carboxylic acids is 1. The standard InChI is InChI=1S/C19H33N3O/c1-5-11-22(12-6-2)17(15(3)4)14-21-18(23)16-13-19(16)7-9-20-10-8-19/h5-6,15-17,20H,1-2,7-14H2,3-4H3,(H,21,23). The summed E-state index contributed by atoms with van der Waals surface area (Å²) in [5.41, 5.74) is 0.310. The fourth-order valence-corrected chi connectivity index (χ4v) is 3.99. The lowest BCUT2D eigenvalue weighted by Crippen LogP contribution is -2.47. The number of nitrogens with zero attached hydrogens (tertiary/aromatic N) is 1. The van der Waals surface area contributed by atoms with Gasteiger partial charge in [-0.05, 0) is 43.7 Å². The number of hydrogen-bond acceptors (Lipinski definition) is 3. The molecule has 2 unspecified atom stereocenters. The Kier molecular flexibility index (Phi) is 6.42. The van der Waals surface area contributed by atoms with E-state index in [1.54, 1.807) is 0 Å². The summed E-state index contributed by atoms with van der Waals surface area (Å²) < 4.78 is 0. The second-order valence-corrected chi connectivity index (χ2v) is 7.46. The highest BCUT2D eigenvalue weighted by Crippen LogP contribution is 2.58. The van der Waals surface area contributed by atoms with Gasteiger partial charge in [0.05, 0.1) is 0 Å². The lowest BCUT2D eigenvalue weighted by atomic mass is 9.91. The minimum Gasteiger partial charge on any atom is -0.354 e. The molecule has 2 atom stereocenters. The molecule has 2 fully saturated rings. The summed E-state index contributed by atoms with van der Waals surface area (Å²) >= 11 is 0. The van der Waals surface area contributed by atoms with E-state index in [0.29, 0.717) is 23.9 Å². The molecule has 4 nitrogen and oxygen atoms in total. The Morgan fingerprint density at radius 2 is 1.91 bits per heavy atom. The first-order valence-electron chi connectivity index (χ1n) is 8.98. The minimum absolute atomic E-state index is 0.240. The topological polar surface area (TPSA) is 44.4 Å². The zero-order valence-corrected chi connectivity index (χ0v) is 14.8. The molecule has 2 rings (SSSR count). The molecular formula is C19H33N3O. The Morgan fingerprint density at radius 1 is 1.30 bits per heavy atom. The van der Waals surface area contributed by atoms with Crippen LogP contribution in [0.15, 0.2) is 25.3 Å². The van der Waals surface area contributed by atoms with Gasteiger partial charge in [0.25, 0.3) is 0 Å². The molecule has 1 aliphatic carbocycles. The molecule has 0 aromatic carbocycles. The number of amides is 1. The van der Waals surface area contributed by atoms with E-state index >= 15 is 0 Å². The summed E-state index contributed by atoms with van der Waals surface area (Å²) in [6, 6.07) is 0.317. The summed E-state index contributed by atoms with van der Waals surface area (Å²) in [6.07, 6.45) is 7.22. The fraction of sp³-hybridized carbons (Fsp3) is 0.737. The third-order valence-corrected chi connectivity index (χ3v) is 5.56. The normalized spacial score (nSPS) is 23.7. The van der Waals surface area contributed by atoms with Gasteiger partial charge in [0, 0.05) is 31.6 Å². The first-order valence-corrected chi connectivity index (χ1v) is 8.98. The van der Waals surface area contributed by atoms with Crippen molar-refractivity contribution in [2.24, 2.45) is 17.3 Å². The summed E-state index contributed by atoms with van der Waals surface area (Å²) in [4.78, 5) is 14.9. The van der Waals surface area contributed by atoms with Crippen LogP contribution in [0.25, 0.3) is 0 Å². The second kappa shape index (κ2) is 8.11. The number of piperidine rings is 1. The zero-order valence-electron chi connectivity index (χ0n) is 14.8. The molecule has 4 heteroatoms. The molecule has 0 radical (unpaired) electrons. The molecule has 1 saturated carbocycles. The monoisotopic (exact) mass is 319 g/mol. The lowest BCUT2D eigenvalue weighted by Gasteiger charge is -2.33. The molecule has 2 aliphatic rings. The van der Waals surface area contributed by atoms with Gasteiger partial charge < -0.3 is 10.6 Å². The summed E-state index contributed by atoms with van der Waals surface area (Å²) in [5, 5.41) is 6.62. The maximum absolute atomic E-state index is 12.6. The minimum atomic E-state index is 0.240. The highest BCUT2D eigenvalue weighted by molar-refractivity contribution is 5.82. The van der Waals surface area contributed by atoms with E-state index in [4.69, 9.17) is 0 Å². The second-order valence-electron chi connectivity index (χ2n) is 7.46. The average molecular weight is 319 g/mol.